The molecule has 2 unspecified atom stereocenters. The molecule has 0 spiro atoms. The van der Waals surface area contributed by atoms with E-state index in [-0.39, 0.29) is 11.9 Å². The minimum atomic E-state index is -0.0922. The van der Waals surface area contributed by atoms with Gasteiger partial charge < -0.3 is 10.1 Å². The van der Waals surface area contributed by atoms with Gasteiger partial charge in [0.15, 0.2) is 0 Å². The second kappa shape index (κ2) is 5.65. The molecule has 1 fully saturated rings. The maximum absolute atomic E-state index is 11.8. The molecule has 0 bridgehead atoms. The van der Waals surface area contributed by atoms with Gasteiger partial charge in [-0.15, -0.1) is 0 Å². The van der Waals surface area contributed by atoms with E-state index in [1.165, 1.54) is 0 Å². The Morgan fingerprint density at radius 1 is 1.41 bits per heavy atom. The minimum absolute atomic E-state index is 0.00504. The number of carbonyl (C=O) groups excluding carboxylic acids is 1. The summed E-state index contributed by atoms with van der Waals surface area (Å²) >= 11 is 3.37. The molecule has 92 valence electrons. The summed E-state index contributed by atoms with van der Waals surface area (Å²) in [5.74, 6) is 0.281. The molecule has 0 aromatic heterocycles. The van der Waals surface area contributed by atoms with Gasteiger partial charge in [-0.3, -0.25) is 4.79 Å². The normalized spacial score (nSPS) is 23.6. The maximum Gasteiger partial charge on any atom is 0.310 e. The molecular formula is C13H16BrNO2. The van der Waals surface area contributed by atoms with Crippen molar-refractivity contribution in [2.75, 3.05) is 13.1 Å². The van der Waals surface area contributed by atoms with Crippen LogP contribution in [0.1, 0.15) is 12.5 Å². The molecule has 17 heavy (non-hydrogen) atoms. The van der Waals surface area contributed by atoms with Gasteiger partial charge in [0.05, 0.1) is 5.92 Å². The summed E-state index contributed by atoms with van der Waals surface area (Å²) in [6.45, 7) is 4.07. The summed E-state index contributed by atoms with van der Waals surface area (Å²) in [7, 11) is 0. The predicted molar refractivity (Wildman–Crippen MR) is 69.5 cm³/mol. The smallest absolute Gasteiger partial charge is 0.310 e. The van der Waals surface area contributed by atoms with Crippen LogP contribution in [0.5, 0.6) is 0 Å². The molecule has 3 nitrogen and oxygen atoms in total. The van der Waals surface area contributed by atoms with Crippen LogP contribution >= 0.6 is 15.9 Å². The lowest BCUT2D eigenvalue weighted by Crippen LogP contribution is -2.23. The molecule has 4 heteroatoms. The summed E-state index contributed by atoms with van der Waals surface area (Å²) in [6.07, 6.45) is 0. The van der Waals surface area contributed by atoms with Crippen LogP contribution in [-0.4, -0.2) is 19.1 Å². The van der Waals surface area contributed by atoms with Gasteiger partial charge in [-0.05, 0) is 30.2 Å². The molecule has 1 saturated heterocycles. The number of benzene rings is 1. The van der Waals surface area contributed by atoms with E-state index in [0.717, 1.165) is 23.1 Å². The van der Waals surface area contributed by atoms with Crippen molar-refractivity contribution in [1.29, 1.82) is 0 Å². The lowest BCUT2D eigenvalue weighted by atomic mass is 9.99. The number of hydrogen-bond acceptors (Lipinski definition) is 3. The molecule has 0 saturated carbocycles. The van der Waals surface area contributed by atoms with E-state index in [9.17, 15) is 4.79 Å². The molecule has 0 aliphatic carbocycles. The van der Waals surface area contributed by atoms with Crippen molar-refractivity contribution >= 4 is 21.9 Å². The fourth-order valence-electron chi connectivity index (χ4n) is 1.97. The Hall–Kier alpha value is -0.870. The van der Waals surface area contributed by atoms with Crippen molar-refractivity contribution in [3.05, 3.63) is 34.3 Å². The topological polar surface area (TPSA) is 38.3 Å². The lowest BCUT2D eigenvalue weighted by Gasteiger charge is -2.13. The third kappa shape index (κ3) is 3.30. The Kier molecular flexibility index (Phi) is 4.18. The number of halogens is 1. The second-order valence-corrected chi connectivity index (χ2v) is 5.39. The Morgan fingerprint density at radius 3 is 2.71 bits per heavy atom. The van der Waals surface area contributed by atoms with Crippen molar-refractivity contribution in [3.8, 4) is 0 Å². The first kappa shape index (κ1) is 12.6. The molecule has 1 heterocycles. The molecule has 0 radical (unpaired) electrons. The second-order valence-electron chi connectivity index (χ2n) is 4.48. The Balaban J connectivity index is 1.85. The van der Waals surface area contributed by atoms with E-state index >= 15 is 0 Å². The molecule has 2 atom stereocenters. The number of nitrogens with one attached hydrogen (secondary N) is 1. The van der Waals surface area contributed by atoms with Crippen molar-refractivity contribution in [2.45, 2.75) is 13.5 Å². The Labute approximate surface area is 110 Å². The van der Waals surface area contributed by atoms with Crippen LogP contribution in [0.15, 0.2) is 28.7 Å². The van der Waals surface area contributed by atoms with Crippen molar-refractivity contribution in [1.82, 2.24) is 5.32 Å². The fourth-order valence-corrected chi connectivity index (χ4v) is 2.23. The summed E-state index contributed by atoms with van der Waals surface area (Å²) < 4.78 is 6.36. The van der Waals surface area contributed by atoms with Gasteiger partial charge in [-0.1, -0.05) is 35.0 Å². The van der Waals surface area contributed by atoms with Gasteiger partial charge in [0.1, 0.15) is 6.61 Å². The van der Waals surface area contributed by atoms with E-state index in [1.807, 2.05) is 24.3 Å². The lowest BCUT2D eigenvalue weighted by molar-refractivity contribution is -0.150. The first-order valence-corrected chi connectivity index (χ1v) is 6.58. The van der Waals surface area contributed by atoms with Gasteiger partial charge in [0.2, 0.25) is 0 Å². The summed E-state index contributed by atoms with van der Waals surface area (Å²) in [4.78, 5) is 11.8. The summed E-state index contributed by atoms with van der Waals surface area (Å²) in [5, 5.41) is 3.20. The quantitative estimate of drug-likeness (QED) is 0.871. The highest BCUT2D eigenvalue weighted by Crippen LogP contribution is 2.18. The molecule has 1 aromatic carbocycles. The molecule has 1 N–H and O–H groups in total. The average Bonchev–Trinajstić information content (AvgIpc) is 2.74. The Bertz CT molecular complexity index is 391. The van der Waals surface area contributed by atoms with E-state index in [1.54, 1.807) is 0 Å². The number of hydrogen-bond donors (Lipinski definition) is 1. The predicted octanol–water partition coefficient (Wildman–Crippen LogP) is 2.35. The van der Waals surface area contributed by atoms with Crippen molar-refractivity contribution in [3.63, 3.8) is 0 Å². The minimum Gasteiger partial charge on any atom is -0.461 e. The fraction of sp³-hybridized carbons (Fsp3) is 0.462. The molecule has 0 amide bonds. The van der Waals surface area contributed by atoms with E-state index in [2.05, 4.69) is 28.2 Å². The van der Waals surface area contributed by atoms with Gasteiger partial charge >= 0.3 is 5.97 Å². The highest BCUT2D eigenvalue weighted by atomic mass is 79.9. The third-order valence-electron chi connectivity index (χ3n) is 3.11. The van der Waals surface area contributed by atoms with Gasteiger partial charge in [0, 0.05) is 11.0 Å². The standard InChI is InChI=1S/C13H16BrNO2/c1-9-6-15-7-12(9)13(16)17-8-10-2-4-11(14)5-3-10/h2-5,9,12,15H,6-8H2,1H3. The molecule has 1 aliphatic rings. The summed E-state index contributed by atoms with van der Waals surface area (Å²) in [6, 6.07) is 7.80. The molecule has 2 rings (SSSR count). The van der Waals surface area contributed by atoms with Crippen molar-refractivity contribution < 1.29 is 9.53 Å². The third-order valence-corrected chi connectivity index (χ3v) is 3.64. The van der Waals surface area contributed by atoms with Crippen LogP contribution in [0.2, 0.25) is 0 Å². The van der Waals surface area contributed by atoms with Gasteiger partial charge in [-0.2, -0.15) is 0 Å². The van der Waals surface area contributed by atoms with Crippen LogP contribution in [0, 0.1) is 11.8 Å². The average molecular weight is 298 g/mol. The van der Waals surface area contributed by atoms with Crippen LogP contribution in [0.4, 0.5) is 0 Å². The maximum atomic E-state index is 11.8. The zero-order chi connectivity index (χ0) is 12.3. The van der Waals surface area contributed by atoms with E-state index in [4.69, 9.17) is 4.74 Å². The highest BCUT2D eigenvalue weighted by molar-refractivity contribution is 9.10. The molecular weight excluding hydrogens is 282 g/mol. The SMILES string of the molecule is CC1CNCC1C(=O)OCc1ccc(Br)cc1. The van der Waals surface area contributed by atoms with E-state index < -0.39 is 0 Å². The largest absolute Gasteiger partial charge is 0.461 e. The first-order chi connectivity index (χ1) is 8.16. The first-order valence-electron chi connectivity index (χ1n) is 5.78. The van der Waals surface area contributed by atoms with Crippen LogP contribution in [0.25, 0.3) is 0 Å². The zero-order valence-corrected chi connectivity index (χ0v) is 11.4. The highest BCUT2D eigenvalue weighted by Gasteiger charge is 2.30. The molecule has 1 aliphatic heterocycles. The number of esters is 1. The number of rotatable bonds is 3. The van der Waals surface area contributed by atoms with Gasteiger partial charge in [-0.25, -0.2) is 0 Å². The van der Waals surface area contributed by atoms with Crippen LogP contribution in [-0.2, 0) is 16.1 Å². The van der Waals surface area contributed by atoms with E-state index in [0.29, 0.717) is 12.5 Å². The Morgan fingerprint density at radius 2 is 2.12 bits per heavy atom. The molecule has 1 aromatic rings. The van der Waals surface area contributed by atoms with Crippen LogP contribution in [0.3, 0.4) is 0 Å². The van der Waals surface area contributed by atoms with Crippen LogP contribution < -0.4 is 5.32 Å². The number of ether oxygens (including phenoxy) is 1. The summed E-state index contributed by atoms with van der Waals surface area (Å²) in [5.41, 5.74) is 1.01. The zero-order valence-electron chi connectivity index (χ0n) is 9.78. The van der Waals surface area contributed by atoms with Gasteiger partial charge in [0.25, 0.3) is 0 Å². The van der Waals surface area contributed by atoms with Crippen molar-refractivity contribution in [2.24, 2.45) is 11.8 Å². The monoisotopic (exact) mass is 297 g/mol. The number of carbonyl (C=O) groups is 1.